The molecule has 15 heavy (non-hydrogen) atoms. The maximum absolute atomic E-state index is 6.31. The van der Waals surface area contributed by atoms with Crippen LogP contribution in [-0.2, 0) is 6.42 Å². The highest BCUT2D eigenvalue weighted by molar-refractivity contribution is 6.31. The van der Waals surface area contributed by atoms with Crippen molar-refractivity contribution >= 4 is 11.6 Å². The Morgan fingerprint density at radius 2 is 2.00 bits per heavy atom. The zero-order valence-electron chi connectivity index (χ0n) is 9.60. The molecule has 1 aromatic carbocycles. The number of benzene rings is 1. The molecule has 0 spiro atoms. The second kappa shape index (κ2) is 3.23. The van der Waals surface area contributed by atoms with E-state index in [9.17, 15) is 0 Å². The lowest BCUT2D eigenvalue weighted by molar-refractivity contribution is 0.490. The highest BCUT2D eigenvalue weighted by Crippen LogP contribution is 2.55. The van der Waals surface area contributed by atoms with Gasteiger partial charge in [-0.3, -0.25) is 0 Å². The summed E-state index contributed by atoms with van der Waals surface area (Å²) in [5.74, 6) is 0. The number of rotatable bonds is 2. The van der Waals surface area contributed by atoms with Gasteiger partial charge in [0, 0.05) is 10.6 Å². The van der Waals surface area contributed by atoms with Crippen molar-refractivity contribution in [1.82, 2.24) is 0 Å². The number of hydrogen-bond donors (Lipinski definition) is 1. The summed E-state index contributed by atoms with van der Waals surface area (Å²) in [6.07, 6.45) is 2.07. The van der Waals surface area contributed by atoms with E-state index < -0.39 is 0 Å². The van der Waals surface area contributed by atoms with E-state index in [2.05, 4.69) is 26.0 Å². The van der Waals surface area contributed by atoms with Gasteiger partial charge in [0.2, 0.25) is 0 Å². The molecular formula is C13H18ClN. The van der Waals surface area contributed by atoms with Crippen LogP contribution in [0.3, 0.4) is 0 Å². The topological polar surface area (TPSA) is 26.0 Å². The molecule has 1 atom stereocenters. The second-order valence-electron chi connectivity index (χ2n) is 5.48. The third-order valence-corrected chi connectivity index (χ3v) is 4.15. The molecule has 2 rings (SSSR count). The average Bonchev–Trinajstić information content (AvgIpc) is 2.58. The standard InChI is InChI=1S/C13H18ClN/c1-9-6-10(4-5-11(9)14)7-13(15)8-12(13,2)3/h4-6H,7-8,15H2,1-3H3. The zero-order valence-corrected chi connectivity index (χ0v) is 10.4. The Morgan fingerprint density at radius 3 is 2.47 bits per heavy atom. The van der Waals surface area contributed by atoms with Crippen molar-refractivity contribution < 1.29 is 0 Å². The Morgan fingerprint density at radius 1 is 1.40 bits per heavy atom. The molecule has 1 unspecified atom stereocenters. The summed E-state index contributed by atoms with van der Waals surface area (Å²) in [6.45, 7) is 6.50. The Bertz CT molecular complexity index is 398. The highest BCUT2D eigenvalue weighted by atomic mass is 35.5. The van der Waals surface area contributed by atoms with Gasteiger partial charge in [0.05, 0.1) is 0 Å². The normalized spacial score (nSPS) is 27.8. The van der Waals surface area contributed by atoms with Gasteiger partial charge in [-0.1, -0.05) is 37.6 Å². The van der Waals surface area contributed by atoms with E-state index in [1.54, 1.807) is 0 Å². The molecule has 0 amide bonds. The molecule has 2 heteroatoms. The van der Waals surface area contributed by atoms with E-state index >= 15 is 0 Å². The molecule has 0 aromatic heterocycles. The lowest BCUT2D eigenvalue weighted by Crippen LogP contribution is -2.30. The molecule has 1 fully saturated rings. The van der Waals surface area contributed by atoms with E-state index in [4.69, 9.17) is 17.3 Å². The fourth-order valence-corrected chi connectivity index (χ4v) is 2.34. The Balaban J connectivity index is 2.16. The van der Waals surface area contributed by atoms with Gasteiger partial charge in [-0.2, -0.15) is 0 Å². The molecule has 1 aliphatic carbocycles. The van der Waals surface area contributed by atoms with Gasteiger partial charge < -0.3 is 5.73 Å². The largest absolute Gasteiger partial charge is 0.324 e. The van der Waals surface area contributed by atoms with Crippen LogP contribution in [0.25, 0.3) is 0 Å². The monoisotopic (exact) mass is 223 g/mol. The number of aryl methyl sites for hydroxylation is 1. The first-order valence-corrected chi connectivity index (χ1v) is 5.76. The molecule has 2 N–H and O–H groups in total. The molecule has 1 aromatic rings. The van der Waals surface area contributed by atoms with E-state index in [-0.39, 0.29) is 5.54 Å². The summed E-state index contributed by atoms with van der Waals surface area (Å²) < 4.78 is 0. The summed E-state index contributed by atoms with van der Waals surface area (Å²) in [6, 6.07) is 6.19. The van der Waals surface area contributed by atoms with E-state index in [1.807, 2.05) is 13.0 Å². The quantitative estimate of drug-likeness (QED) is 0.818. The summed E-state index contributed by atoms with van der Waals surface area (Å²) in [5, 5.41) is 0.833. The highest BCUT2D eigenvalue weighted by Gasteiger charge is 2.57. The van der Waals surface area contributed by atoms with Crippen LogP contribution in [-0.4, -0.2) is 5.54 Å². The third-order valence-electron chi connectivity index (χ3n) is 3.72. The van der Waals surface area contributed by atoms with Gasteiger partial charge in [-0.15, -0.1) is 0 Å². The third kappa shape index (κ3) is 1.91. The van der Waals surface area contributed by atoms with Gasteiger partial charge in [-0.05, 0) is 42.4 Å². The van der Waals surface area contributed by atoms with Crippen LogP contribution in [0.5, 0.6) is 0 Å². The fraction of sp³-hybridized carbons (Fsp3) is 0.538. The first kappa shape index (κ1) is 11.0. The molecule has 0 radical (unpaired) electrons. The van der Waals surface area contributed by atoms with Gasteiger partial charge in [0.25, 0.3) is 0 Å². The Hall–Kier alpha value is -0.530. The number of hydrogen-bond acceptors (Lipinski definition) is 1. The van der Waals surface area contributed by atoms with Crippen LogP contribution < -0.4 is 5.73 Å². The van der Waals surface area contributed by atoms with Crippen LogP contribution in [0.2, 0.25) is 5.02 Å². The first-order valence-electron chi connectivity index (χ1n) is 5.38. The predicted octanol–water partition coefficient (Wildman–Crippen LogP) is 3.32. The minimum absolute atomic E-state index is 0.00668. The van der Waals surface area contributed by atoms with E-state index in [0.717, 1.165) is 23.4 Å². The van der Waals surface area contributed by atoms with Gasteiger partial charge in [0.15, 0.2) is 0 Å². The SMILES string of the molecule is Cc1cc(CC2(N)CC2(C)C)ccc1Cl. The van der Waals surface area contributed by atoms with Crippen molar-refractivity contribution in [1.29, 1.82) is 0 Å². The molecule has 0 bridgehead atoms. The molecule has 1 nitrogen and oxygen atoms in total. The summed E-state index contributed by atoms with van der Waals surface area (Å²) >= 11 is 5.99. The van der Waals surface area contributed by atoms with Crippen molar-refractivity contribution in [2.24, 2.45) is 11.1 Å². The molecule has 0 aliphatic heterocycles. The Labute approximate surface area is 96.6 Å². The van der Waals surface area contributed by atoms with Crippen LogP contribution in [0.1, 0.15) is 31.4 Å². The molecule has 1 saturated carbocycles. The second-order valence-corrected chi connectivity index (χ2v) is 5.88. The van der Waals surface area contributed by atoms with Crippen LogP contribution >= 0.6 is 11.6 Å². The number of nitrogens with two attached hydrogens (primary N) is 1. The van der Waals surface area contributed by atoms with Crippen LogP contribution in [0, 0.1) is 12.3 Å². The van der Waals surface area contributed by atoms with Crippen molar-refractivity contribution in [3.63, 3.8) is 0 Å². The zero-order chi connectivity index (χ0) is 11.3. The molecule has 0 heterocycles. The van der Waals surface area contributed by atoms with Gasteiger partial charge in [0.1, 0.15) is 0 Å². The van der Waals surface area contributed by atoms with Crippen molar-refractivity contribution in [2.45, 2.75) is 39.2 Å². The van der Waals surface area contributed by atoms with Crippen LogP contribution in [0.4, 0.5) is 0 Å². The van der Waals surface area contributed by atoms with Crippen molar-refractivity contribution in [2.75, 3.05) is 0 Å². The minimum atomic E-state index is -0.00668. The summed E-state index contributed by atoms with van der Waals surface area (Å²) in [4.78, 5) is 0. The first-order chi connectivity index (χ1) is 6.84. The van der Waals surface area contributed by atoms with Gasteiger partial charge in [-0.25, -0.2) is 0 Å². The molecular weight excluding hydrogens is 206 g/mol. The predicted molar refractivity (Wildman–Crippen MR) is 65.2 cm³/mol. The molecule has 82 valence electrons. The van der Waals surface area contributed by atoms with E-state index in [1.165, 1.54) is 5.56 Å². The summed E-state index contributed by atoms with van der Waals surface area (Å²) in [7, 11) is 0. The Kier molecular flexibility index (Phi) is 2.36. The van der Waals surface area contributed by atoms with Crippen LogP contribution in [0.15, 0.2) is 18.2 Å². The maximum atomic E-state index is 6.31. The van der Waals surface area contributed by atoms with E-state index in [0.29, 0.717) is 5.41 Å². The lowest BCUT2D eigenvalue weighted by Gasteiger charge is -2.15. The smallest absolute Gasteiger partial charge is 0.0435 e. The number of halogens is 1. The molecule has 1 aliphatic rings. The molecule has 0 saturated heterocycles. The van der Waals surface area contributed by atoms with Crippen molar-refractivity contribution in [3.8, 4) is 0 Å². The minimum Gasteiger partial charge on any atom is -0.324 e. The van der Waals surface area contributed by atoms with Gasteiger partial charge >= 0.3 is 0 Å². The summed E-state index contributed by atoms with van der Waals surface area (Å²) in [5.41, 5.74) is 9.03. The fourth-order valence-electron chi connectivity index (χ4n) is 2.23. The van der Waals surface area contributed by atoms with Crippen molar-refractivity contribution in [3.05, 3.63) is 34.3 Å². The maximum Gasteiger partial charge on any atom is 0.0435 e. The lowest BCUT2D eigenvalue weighted by atomic mass is 9.96. The average molecular weight is 224 g/mol.